The van der Waals surface area contributed by atoms with Crippen LogP contribution in [0.2, 0.25) is 0 Å². The number of nitrogens with one attached hydrogen (secondary N) is 1. The van der Waals surface area contributed by atoms with Crippen molar-refractivity contribution in [3.63, 3.8) is 0 Å². The number of rotatable bonds is 38. The van der Waals surface area contributed by atoms with E-state index in [2.05, 4.69) is 49.8 Å². The zero-order chi connectivity index (χ0) is 47.1. The molecule has 0 unspecified atom stereocenters. The standard InChI is InChI=1S/C61H85NO4/c1-6-11-14-17-20-23-26-29-32-35-44-64-58-50-56(61(63)62-57-42-40-54(41-43-57)38-39-55-48-52(9-4)47-53(10-5)49-55)51-59(65-45-36-33-30-27-24-21-18-15-12-7-2)60(58)66-46-37-34-31-28-25-22-19-16-13-8-3/h4,40-43,47-51H,6-8,11-37,44-46H2,1-3H3/p+1. The molecule has 1 N–H and O–H groups in total. The van der Waals surface area contributed by atoms with Gasteiger partial charge in [-0.1, -0.05) is 194 Å². The van der Waals surface area contributed by atoms with E-state index < -0.39 is 0 Å². The fourth-order valence-corrected chi connectivity index (χ4v) is 8.21. The fourth-order valence-electron chi connectivity index (χ4n) is 8.21. The summed E-state index contributed by atoms with van der Waals surface area (Å²) in [5, 5.41) is 3.09. The molecule has 0 saturated heterocycles. The van der Waals surface area contributed by atoms with Gasteiger partial charge in [0.25, 0.3) is 0 Å². The summed E-state index contributed by atoms with van der Waals surface area (Å²) >= 11 is 0. The maximum absolute atomic E-state index is 14.0. The number of unbranched alkanes of at least 4 members (excludes halogenated alkanes) is 27. The van der Waals surface area contributed by atoms with E-state index >= 15 is 0 Å². The summed E-state index contributed by atoms with van der Waals surface area (Å²) in [5.41, 5.74) is 3.86. The van der Waals surface area contributed by atoms with Crippen LogP contribution in [0.25, 0.3) is 0 Å². The second kappa shape index (κ2) is 37.5. The first-order valence-electron chi connectivity index (χ1n) is 26.6. The normalized spacial score (nSPS) is 10.8. The van der Waals surface area contributed by atoms with Crippen LogP contribution in [0, 0.1) is 36.5 Å². The van der Waals surface area contributed by atoms with Crippen molar-refractivity contribution in [3.05, 3.63) is 88.8 Å². The average molecular weight is 897 g/mol. The number of carbonyl (C=O) groups is 1. The van der Waals surface area contributed by atoms with Gasteiger partial charge in [0.1, 0.15) is 0 Å². The van der Waals surface area contributed by atoms with E-state index in [0.29, 0.717) is 65.0 Å². The predicted molar refractivity (Wildman–Crippen MR) is 279 cm³/mol. The molecule has 0 aliphatic carbocycles. The number of carbonyl (C=O) groups excluding carboxylic acids is 1. The molecule has 0 spiro atoms. The molecule has 0 heterocycles. The molecule has 66 heavy (non-hydrogen) atoms. The number of anilines is 1. The van der Waals surface area contributed by atoms with E-state index in [1.54, 1.807) is 12.1 Å². The molecule has 0 atom stereocenters. The molecule has 3 rings (SSSR count). The van der Waals surface area contributed by atoms with Crippen molar-refractivity contribution >= 4 is 11.6 Å². The quantitative estimate of drug-likeness (QED) is 0.0354. The van der Waals surface area contributed by atoms with E-state index in [4.69, 9.17) is 27.1 Å². The first-order valence-corrected chi connectivity index (χ1v) is 26.6. The number of hydrogen-bond acceptors (Lipinski definition) is 4. The number of amides is 1. The predicted octanol–water partition coefficient (Wildman–Crippen LogP) is 17.2. The van der Waals surface area contributed by atoms with Crippen molar-refractivity contribution in [2.45, 2.75) is 213 Å². The molecule has 0 bridgehead atoms. The van der Waals surface area contributed by atoms with E-state index in [1.807, 2.05) is 42.5 Å². The molecule has 0 fully saturated rings. The van der Waals surface area contributed by atoms with Crippen molar-refractivity contribution in [2.24, 2.45) is 0 Å². The molecule has 1 amide bonds. The van der Waals surface area contributed by atoms with Gasteiger partial charge in [0.15, 0.2) is 11.5 Å². The molecule has 0 aliphatic heterocycles. The van der Waals surface area contributed by atoms with Gasteiger partial charge >= 0.3 is 118 Å². The van der Waals surface area contributed by atoms with Crippen molar-refractivity contribution < 1.29 is 19.0 Å². The van der Waals surface area contributed by atoms with Crippen LogP contribution in [0.4, 0.5) is 5.69 Å². The first kappa shape index (κ1) is 55.8. The van der Waals surface area contributed by atoms with Crippen molar-refractivity contribution in [1.29, 1.82) is 0 Å². The van der Waals surface area contributed by atoms with E-state index in [-0.39, 0.29) is 5.91 Å². The molecule has 0 aliphatic rings. The zero-order valence-corrected chi connectivity index (χ0v) is 41.7. The summed E-state index contributed by atoms with van der Waals surface area (Å²) in [6.45, 7) is 8.51. The third-order valence-corrected chi connectivity index (χ3v) is 12.3. The molecule has 3 aromatic rings. The molecule has 5 nitrogen and oxygen atoms in total. The Kier molecular flexibility index (Phi) is 31.7. The summed E-state index contributed by atoms with van der Waals surface area (Å²) in [6.07, 6.45) is 50.8. The summed E-state index contributed by atoms with van der Waals surface area (Å²) < 4.78 is 19.6. The van der Waals surface area contributed by atoms with Gasteiger partial charge in [-0.3, -0.25) is 4.79 Å². The SMILES string of the molecule is [C+]#Cc1cc(C#C)cc(C#Cc2ccc(NC(=O)c3cc(OCCCCCCCCCCCC)c(OCCCCCCCCCCCC)c(OCCCCCCCCCCCC)c3)cc2)c1. The maximum atomic E-state index is 14.0. The summed E-state index contributed by atoms with van der Waals surface area (Å²) in [4.78, 5) is 14.0. The fraction of sp³-hybridized carbons (Fsp3) is 0.590. The van der Waals surface area contributed by atoms with E-state index in [1.165, 1.54) is 154 Å². The second-order valence-electron chi connectivity index (χ2n) is 18.2. The molecular formula is C61H86NO4+. The molecule has 0 saturated carbocycles. The molecule has 3 aromatic carbocycles. The molecular weight excluding hydrogens is 811 g/mol. The minimum atomic E-state index is -0.246. The minimum absolute atomic E-state index is 0.246. The summed E-state index contributed by atoms with van der Waals surface area (Å²) in [5.74, 6) is 12.8. The Morgan fingerprint density at radius 1 is 0.470 bits per heavy atom. The first-order chi connectivity index (χ1) is 32.5. The van der Waals surface area contributed by atoms with Crippen LogP contribution in [0.5, 0.6) is 17.2 Å². The van der Waals surface area contributed by atoms with Gasteiger partial charge < -0.3 is 14.2 Å². The van der Waals surface area contributed by atoms with Crippen LogP contribution in [0.15, 0.2) is 54.6 Å². The van der Waals surface area contributed by atoms with Crippen molar-refractivity contribution in [2.75, 3.05) is 25.1 Å². The van der Waals surface area contributed by atoms with E-state index in [0.717, 1.165) is 44.1 Å². The Morgan fingerprint density at radius 3 is 1.24 bits per heavy atom. The third-order valence-electron chi connectivity index (χ3n) is 12.3. The van der Waals surface area contributed by atoms with Crippen molar-refractivity contribution in [3.8, 4) is 47.4 Å². The Labute approximate surface area is 403 Å². The third kappa shape index (κ3) is 25.4. The van der Waals surface area contributed by atoms with Crippen LogP contribution in [-0.4, -0.2) is 25.7 Å². The van der Waals surface area contributed by atoms with Gasteiger partial charge in [-0.2, -0.15) is 0 Å². The number of benzene rings is 3. The molecule has 5 heteroatoms. The number of hydrogen-bond donors (Lipinski definition) is 1. The van der Waals surface area contributed by atoms with Gasteiger partial charge in [0.05, 0.1) is 19.8 Å². The molecule has 0 radical (unpaired) electrons. The molecule has 0 aromatic heterocycles. The number of ether oxygens (including phenoxy) is 3. The monoisotopic (exact) mass is 897 g/mol. The Bertz CT molecular complexity index is 1810. The van der Waals surface area contributed by atoms with Gasteiger partial charge in [0.2, 0.25) is 5.75 Å². The van der Waals surface area contributed by atoms with Gasteiger partial charge in [-0.25, -0.2) is 0 Å². The van der Waals surface area contributed by atoms with Gasteiger partial charge in [0, 0.05) is 5.56 Å². The Morgan fingerprint density at radius 2 is 0.833 bits per heavy atom. The second-order valence-corrected chi connectivity index (χ2v) is 18.2. The Hall–Kier alpha value is -4.57. The average Bonchev–Trinajstić information content (AvgIpc) is 3.34. The molecule has 358 valence electrons. The van der Waals surface area contributed by atoms with Crippen LogP contribution in [0.3, 0.4) is 0 Å². The van der Waals surface area contributed by atoms with Crippen LogP contribution in [0.1, 0.15) is 246 Å². The van der Waals surface area contributed by atoms with Crippen LogP contribution < -0.4 is 19.5 Å². The zero-order valence-electron chi connectivity index (χ0n) is 41.7. The van der Waals surface area contributed by atoms with Crippen LogP contribution in [-0.2, 0) is 0 Å². The van der Waals surface area contributed by atoms with Crippen LogP contribution >= 0.6 is 0 Å². The Balaban J connectivity index is 1.73. The summed E-state index contributed by atoms with van der Waals surface area (Å²) in [7, 11) is 0. The topological polar surface area (TPSA) is 56.8 Å². The van der Waals surface area contributed by atoms with Gasteiger partial charge in [-0.05, 0) is 31.4 Å². The summed E-state index contributed by atoms with van der Waals surface area (Å²) in [6, 6.07) is 16.5. The van der Waals surface area contributed by atoms with Crippen molar-refractivity contribution in [1.82, 2.24) is 0 Å². The number of terminal acetylenes is 1. The van der Waals surface area contributed by atoms with Gasteiger partial charge in [-0.15, -0.1) is 0 Å². The van der Waals surface area contributed by atoms with E-state index in [9.17, 15) is 4.79 Å².